The van der Waals surface area contributed by atoms with Crippen molar-refractivity contribution in [2.45, 2.75) is 19.6 Å². The number of halogens is 1. The Balaban J connectivity index is 1.71. The Hall–Kier alpha value is -1.18. The molecule has 0 aromatic carbocycles. The Labute approximate surface area is 117 Å². The molecule has 0 radical (unpaired) electrons. The molecule has 1 N–H and O–H groups in total. The van der Waals surface area contributed by atoms with Crippen molar-refractivity contribution in [1.82, 2.24) is 20.5 Å². The second-order valence-corrected chi connectivity index (χ2v) is 6.49. The van der Waals surface area contributed by atoms with E-state index in [0.717, 1.165) is 20.1 Å². The third-order valence-corrected chi connectivity index (χ3v) is 4.19. The number of hydrogen-bond donors (Lipinski definition) is 1. The highest BCUT2D eigenvalue weighted by molar-refractivity contribution is 9.11. The summed E-state index contributed by atoms with van der Waals surface area (Å²) in [6.07, 6.45) is 3.94. The molecule has 0 saturated heterocycles. The van der Waals surface area contributed by atoms with Crippen LogP contribution >= 0.6 is 27.3 Å². The van der Waals surface area contributed by atoms with Crippen molar-refractivity contribution in [3.05, 3.63) is 38.8 Å². The quantitative estimate of drug-likeness (QED) is 0.940. The van der Waals surface area contributed by atoms with E-state index in [4.69, 9.17) is 4.84 Å². The highest BCUT2D eigenvalue weighted by Gasteiger charge is 2.19. The molecule has 18 heavy (non-hydrogen) atoms. The number of aryl methyl sites for hydroxylation is 1. The van der Waals surface area contributed by atoms with Crippen LogP contribution in [0.15, 0.2) is 28.2 Å². The van der Waals surface area contributed by atoms with Gasteiger partial charge in [0.05, 0.1) is 26.6 Å². The molecule has 3 heterocycles. The van der Waals surface area contributed by atoms with Crippen LogP contribution in [0.4, 0.5) is 0 Å². The summed E-state index contributed by atoms with van der Waals surface area (Å²) < 4.78 is 2.89. The van der Waals surface area contributed by atoms with Crippen molar-refractivity contribution < 1.29 is 4.84 Å². The minimum atomic E-state index is -0.0259. The average Bonchev–Trinajstić information content (AvgIpc) is 3.01. The maximum absolute atomic E-state index is 5.50. The van der Waals surface area contributed by atoms with Gasteiger partial charge < -0.3 is 0 Å². The van der Waals surface area contributed by atoms with Crippen LogP contribution in [0.1, 0.15) is 10.6 Å². The van der Waals surface area contributed by atoms with E-state index in [-0.39, 0.29) is 6.10 Å². The van der Waals surface area contributed by atoms with Crippen molar-refractivity contribution in [1.29, 1.82) is 0 Å². The molecule has 1 aliphatic heterocycles. The zero-order valence-electron chi connectivity index (χ0n) is 9.63. The smallest absolute Gasteiger partial charge is 0.125 e. The monoisotopic (exact) mass is 326 g/mol. The number of aromatic nitrogens is 3. The number of rotatable bonds is 3. The largest absolute Gasteiger partial charge is 0.267 e. The van der Waals surface area contributed by atoms with Crippen LogP contribution in [0, 0.1) is 6.92 Å². The lowest BCUT2D eigenvalue weighted by atomic mass is 10.2. The molecule has 0 bridgehead atoms. The molecule has 5 nitrogen and oxygen atoms in total. The molecule has 2 aromatic heterocycles. The first kappa shape index (κ1) is 11.9. The van der Waals surface area contributed by atoms with Crippen molar-refractivity contribution in [3.8, 4) is 0 Å². The predicted molar refractivity (Wildman–Crippen MR) is 72.8 cm³/mol. The summed E-state index contributed by atoms with van der Waals surface area (Å²) in [6.45, 7) is 2.57. The summed E-state index contributed by atoms with van der Waals surface area (Å²) >= 11 is 5.12. The Bertz CT molecular complexity index is 591. The van der Waals surface area contributed by atoms with Crippen LogP contribution in [0.3, 0.4) is 0 Å². The molecule has 1 aliphatic rings. The molecule has 0 spiro atoms. The zero-order chi connectivity index (χ0) is 12.5. The molecule has 7 heteroatoms. The molecule has 1 atom stereocenters. The van der Waals surface area contributed by atoms with E-state index in [2.05, 4.69) is 43.9 Å². The van der Waals surface area contributed by atoms with Crippen LogP contribution in [-0.2, 0) is 11.4 Å². The lowest BCUT2D eigenvalue weighted by molar-refractivity contribution is 0.0395. The van der Waals surface area contributed by atoms with Gasteiger partial charge in [-0.3, -0.25) is 10.3 Å². The van der Waals surface area contributed by atoms with E-state index < -0.39 is 0 Å². The van der Waals surface area contributed by atoms with Gasteiger partial charge in [0.25, 0.3) is 0 Å². The number of hydrogen-bond acceptors (Lipinski definition) is 5. The molecule has 3 rings (SSSR count). The maximum Gasteiger partial charge on any atom is 0.125 e. The lowest BCUT2D eigenvalue weighted by Crippen LogP contribution is -2.18. The van der Waals surface area contributed by atoms with Gasteiger partial charge in [-0.2, -0.15) is 0 Å². The number of nitrogens with zero attached hydrogens (tertiary/aromatic N) is 3. The number of hydroxylamine groups is 1. The fourth-order valence-corrected chi connectivity index (χ4v) is 3.10. The maximum atomic E-state index is 5.50. The molecule has 0 aliphatic carbocycles. The molecule has 0 saturated carbocycles. The summed E-state index contributed by atoms with van der Waals surface area (Å²) in [5.74, 6) is 0. The van der Waals surface area contributed by atoms with Gasteiger partial charge in [0, 0.05) is 6.20 Å². The third-order valence-electron chi connectivity index (χ3n) is 2.53. The van der Waals surface area contributed by atoms with Gasteiger partial charge in [0.15, 0.2) is 0 Å². The normalized spacial score (nSPS) is 18.8. The molecule has 94 valence electrons. The lowest BCUT2D eigenvalue weighted by Gasteiger charge is -2.05. The first-order valence-electron chi connectivity index (χ1n) is 5.46. The molecule has 1 unspecified atom stereocenters. The highest BCUT2D eigenvalue weighted by atomic mass is 79.9. The fraction of sp³-hybridized carbons (Fsp3) is 0.273. The topological polar surface area (TPSA) is 52.0 Å². The minimum Gasteiger partial charge on any atom is -0.267 e. The van der Waals surface area contributed by atoms with Crippen molar-refractivity contribution in [2.75, 3.05) is 0 Å². The Morgan fingerprint density at radius 3 is 3.11 bits per heavy atom. The van der Waals surface area contributed by atoms with Gasteiger partial charge in [-0.25, -0.2) is 4.68 Å². The van der Waals surface area contributed by atoms with Crippen molar-refractivity contribution >= 4 is 33.0 Å². The third kappa shape index (κ3) is 2.47. The van der Waals surface area contributed by atoms with E-state index in [1.54, 1.807) is 16.0 Å². The van der Waals surface area contributed by atoms with Crippen LogP contribution in [-0.4, -0.2) is 21.1 Å². The summed E-state index contributed by atoms with van der Waals surface area (Å²) in [4.78, 5) is 6.65. The first-order valence-corrected chi connectivity index (χ1v) is 7.07. The zero-order valence-corrected chi connectivity index (χ0v) is 12.0. The summed E-state index contributed by atoms with van der Waals surface area (Å²) in [6, 6.07) is 4.08. The van der Waals surface area contributed by atoms with E-state index in [0.29, 0.717) is 6.54 Å². The molecular formula is C11H11BrN4OS. The predicted octanol–water partition coefficient (Wildman–Crippen LogP) is 2.36. The Morgan fingerprint density at radius 1 is 1.56 bits per heavy atom. The summed E-state index contributed by atoms with van der Waals surface area (Å²) in [5.41, 5.74) is 4.87. The SMILES string of the molecule is Cc1cn(CC2C=C(c3ccc(Br)s3)NO2)nn1. The molecular weight excluding hydrogens is 316 g/mol. The Kier molecular flexibility index (Phi) is 3.19. The van der Waals surface area contributed by atoms with Gasteiger partial charge in [-0.1, -0.05) is 5.21 Å². The van der Waals surface area contributed by atoms with Gasteiger partial charge in [0.1, 0.15) is 6.10 Å². The second kappa shape index (κ2) is 4.83. The summed E-state index contributed by atoms with van der Waals surface area (Å²) in [5, 5.41) is 7.96. The van der Waals surface area contributed by atoms with Crippen molar-refractivity contribution in [2.24, 2.45) is 0 Å². The van der Waals surface area contributed by atoms with E-state index in [1.165, 1.54) is 0 Å². The first-order chi connectivity index (χ1) is 8.70. The summed E-state index contributed by atoms with van der Waals surface area (Å²) in [7, 11) is 0. The van der Waals surface area contributed by atoms with E-state index in [1.807, 2.05) is 19.2 Å². The minimum absolute atomic E-state index is 0.0259. The molecule has 0 amide bonds. The van der Waals surface area contributed by atoms with Gasteiger partial charge in [-0.05, 0) is 41.1 Å². The van der Waals surface area contributed by atoms with Gasteiger partial charge in [-0.15, -0.1) is 16.4 Å². The standard InChI is InChI=1S/C11H11BrN4OS/c1-7-5-16(15-13-7)6-8-4-9(14-17-8)10-2-3-11(12)18-10/h2-5,8,14H,6H2,1H3. The molecule has 0 fully saturated rings. The van der Waals surface area contributed by atoms with E-state index >= 15 is 0 Å². The van der Waals surface area contributed by atoms with Crippen LogP contribution in [0.25, 0.3) is 5.70 Å². The van der Waals surface area contributed by atoms with Crippen molar-refractivity contribution in [3.63, 3.8) is 0 Å². The number of thiophene rings is 1. The van der Waals surface area contributed by atoms with Crippen LogP contribution in [0.5, 0.6) is 0 Å². The second-order valence-electron chi connectivity index (χ2n) is 4.02. The average molecular weight is 327 g/mol. The van der Waals surface area contributed by atoms with E-state index in [9.17, 15) is 0 Å². The molecule has 2 aromatic rings. The Morgan fingerprint density at radius 2 is 2.44 bits per heavy atom. The van der Waals surface area contributed by atoms with Gasteiger partial charge in [0.2, 0.25) is 0 Å². The highest BCUT2D eigenvalue weighted by Crippen LogP contribution is 2.29. The van der Waals surface area contributed by atoms with Crippen LogP contribution < -0.4 is 5.48 Å². The van der Waals surface area contributed by atoms with Gasteiger partial charge >= 0.3 is 0 Å². The fourth-order valence-electron chi connectivity index (χ4n) is 1.74. The number of nitrogens with one attached hydrogen (secondary N) is 1. The van der Waals surface area contributed by atoms with Crippen LogP contribution in [0.2, 0.25) is 0 Å².